The van der Waals surface area contributed by atoms with Crippen LogP contribution >= 0.6 is 0 Å². The largest absolute Gasteiger partial charge is 0.488 e. The predicted octanol–water partition coefficient (Wildman–Crippen LogP) is 6.29. The van der Waals surface area contributed by atoms with E-state index in [9.17, 15) is 18.7 Å². The predicted molar refractivity (Wildman–Crippen MR) is 153 cm³/mol. The zero-order valence-corrected chi connectivity index (χ0v) is 23.6. The Bertz CT molecular complexity index is 1250. The first kappa shape index (κ1) is 29.7. The molecule has 3 aromatic rings. The Morgan fingerprint density at radius 2 is 1.62 bits per heavy atom. The first-order valence-corrected chi connectivity index (χ1v) is 14.1. The molecule has 1 aliphatic rings. The summed E-state index contributed by atoms with van der Waals surface area (Å²) in [5.41, 5.74) is 1.20. The second-order valence-electron chi connectivity index (χ2n) is 11.8. The fraction of sp³-hybridized carbons (Fsp3) is 0.424. The molecule has 2 atom stereocenters. The van der Waals surface area contributed by atoms with E-state index < -0.39 is 23.8 Å². The summed E-state index contributed by atoms with van der Waals surface area (Å²) >= 11 is 0. The fourth-order valence-corrected chi connectivity index (χ4v) is 5.48. The van der Waals surface area contributed by atoms with Gasteiger partial charge in [0.05, 0.1) is 12.1 Å². The maximum Gasteiger partial charge on any atom is 0.251 e. The number of hydrogen-bond acceptors (Lipinski definition) is 4. The molecule has 1 amide bonds. The number of ether oxygens (including phenoxy) is 1. The monoisotopic (exact) mass is 550 g/mol. The molecule has 5 nitrogen and oxygen atoms in total. The molecule has 0 aromatic heterocycles. The Labute approximate surface area is 236 Å². The lowest BCUT2D eigenvalue weighted by Gasteiger charge is -2.40. The van der Waals surface area contributed by atoms with Crippen molar-refractivity contribution in [3.8, 4) is 5.75 Å². The zero-order valence-electron chi connectivity index (χ0n) is 23.6. The lowest BCUT2D eigenvalue weighted by atomic mass is 9.76. The molecule has 0 aliphatic heterocycles. The number of hydrogen-bond donors (Lipinski definition) is 3. The average molecular weight is 551 g/mol. The van der Waals surface area contributed by atoms with Gasteiger partial charge in [-0.2, -0.15) is 0 Å². The van der Waals surface area contributed by atoms with E-state index in [-0.39, 0.29) is 30.0 Å². The molecule has 1 aliphatic carbocycles. The van der Waals surface area contributed by atoms with E-state index in [2.05, 4.69) is 22.8 Å². The molecule has 0 unspecified atom stereocenters. The molecule has 0 radical (unpaired) electrons. The summed E-state index contributed by atoms with van der Waals surface area (Å²) in [5.74, 6) is -0.970. The first-order valence-electron chi connectivity index (χ1n) is 14.1. The van der Waals surface area contributed by atoms with Crippen LogP contribution < -0.4 is 15.4 Å². The van der Waals surface area contributed by atoms with Crippen molar-refractivity contribution in [2.45, 2.75) is 82.6 Å². The van der Waals surface area contributed by atoms with Crippen LogP contribution in [0.5, 0.6) is 5.75 Å². The Kier molecular flexibility index (Phi) is 9.59. The Morgan fingerprint density at radius 1 is 0.950 bits per heavy atom. The number of rotatable bonds is 10. The summed E-state index contributed by atoms with van der Waals surface area (Å²) in [6.45, 7) is 6.22. The maximum atomic E-state index is 14.0. The quantitative estimate of drug-likeness (QED) is 0.277. The van der Waals surface area contributed by atoms with Gasteiger partial charge in [0.1, 0.15) is 23.0 Å². The summed E-state index contributed by atoms with van der Waals surface area (Å²) in [5, 5.41) is 18.0. The van der Waals surface area contributed by atoms with Crippen LogP contribution in [0, 0.1) is 11.6 Å². The molecule has 1 saturated carbocycles. The lowest BCUT2D eigenvalue weighted by molar-refractivity contribution is 0.0787. The minimum absolute atomic E-state index is 0.0675. The van der Waals surface area contributed by atoms with Crippen molar-refractivity contribution < 1.29 is 23.4 Å². The van der Waals surface area contributed by atoms with E-state index in [1.54, 1.807) is 24.3 Å². The first-order chi connectivity index (χ1) is 19.0. The van der Waals surface area contributed by atoms with E-state index in [1.807, 2.05) is 39.0 Å². The second-order valence-corrected chi connectivity index (χ2v) is 11.8. The number of aliphatic hydroxyl groups excluding tert-OH is 1. The normalized spacial score (nSPS) is 16.6. The van der Waals surface area contributed by atoms with Crippen LogP contribution in [0.1, 0.15) is 74.4 Å². The van der Waals surface area contributed by atoms with Crippen LogP contribution in [0.15, 0.2) is 72.8 Å². The van der Waals surface area contributed by atoms with Gasteiger partial charge in [0, 0.05) is 23.7 Å². The summed E-state index contributed by atoms with van der Waals surface area (Å²) < 4.78 is 34.0. The van der Waals surface area contributed by atoms with Gasteiger partial charge in [-0.1, -0.05) is 49.6 Å². The number of carbonyl (C=O) groups excluding carboxylic acids is 1. The molecule has 7 heteroatoms. The summed E-state index contributed by atoms with van der Waals surface area (Å²) in [7, 11) is 0. The van der Waals surface area contributed by atoms with Crippen LogP contribution in [-0.2, 0) is 12.0 Å². The Balaban J connectivity index is 1.56. The van der Waals surface area contributed by atoms with E-state index in [0.717, 1.165) is 49.5 Å². The van der Waals surface area contributed by atoms with Gasteiger partial charge >= 0.3 is 0 Å². The highest BCUT2D eigenvalue weighted by molar-refractivity contribution is 5.94. The standard InChI is InChI=1S/C33H40F2N2O3/c1-32(2,3)40-28-14-10-13-25(20-28)33(15-8-5-9-16-33)36-22-30(38)29(19-23-17-26(34)21-27(35)18-23)37-31(39)24-11-6-4-7-12-24/h4,6-7,10-14,17-18,20-21,29-30,36,38H,5,8-9,15-16,19,22H2,1-3H3,(H,37,39)/t29-,30-/m1/s1. The SMILES string of the molecule is CC(C)(C)Oc1cccc(C2(NC[C@@H](O)[C@@H](Cc3cc(F)cc(F)c3)NC(=O)c3ccccc3)CCCCC2)c1. The molecule has 0 saturated heterocycles. The molecule has 3 aromatic carbocycles. The molecule has 0 bridgehead atoms. The average Bonchev–Trinajstić information content (AvgIpc) is 2.91. The highest BCUT2D eigenvalue weighted by Crippen LogP contribution is 2.38. The molecule has 40 heavy (non-hydrogen) atoms. The summed E-state index contributed by atoms with van der Waals surface area (Å²) in [4.78, 5) is 13.0. The van der Waals surface area contributed by atoms with E-state index in [4.69, 9.17) is 4.74 Å². The molecular formula is C33H40F2N2O3. The zero-order chi connectivity index (χ0) is 28.8. The van der Waals surface area contributed by atoms with Crippen molar-refractivity contribution in [3.05, 3.63) is 101 Å². The van der Waals surface area contributed by atoms with Gasteiger partial charge in [0.15, 0.2) is 0 Å². The Hall–Kier alpha value is -3.29. The van der Waals surface area contributed by atoms with Gasteiger partial charge < -0.3 is 20.5 Å². The highest BCUT2D eigenvalue weighted by Gasteiger charge is 2.35. The van der Waals surface area contributed by atoms with Crippen LogP contribution in [0.2, 0.25) is 0 Å². The van der Waals surface area contributed by atoms with Gasteiger partial charge in [-0.15, -0.1) is 0 Å². The van der Waals surface area contributed by atoms with Gasteiger partial charge in [-0.3, -0.25) is 4.79 Å². The van der Waals surface area contributed by atoms with E-state index in [0.29, 0.717) is 11.1 Å². The van der Waals surface area contributed by atoms with Crippen LogP contribution in [0.25, 0.3) is 0 Å². The third-order valence-corrected chi connectivity index (χ3v) is 7.36. The molecule has 214 valence electrons. The number of nitrogens with one attached hydrogen (secondary N) is 2. The molecule has 1 fully saturated rings. The van der Waals surface area contributed by atoms with Crippen molar-refractivity contribution in [2.75, 3.05) is 6.54 Å². The van der Waals surface area contributed by atoms with Crippen molar-refractivity contribution in [3.63, 3.8) is 0 Å². The van der Waals surface area contributed by atoms with Gasteiger partial charge in [0.25, 0.3) is 5.91 Å². The van der Waals surface area contributed by atoms with Crippen LogP contribution in [0.3, 0.4) is 0 Å². The Morgan fingerprint density at radius 3 is 2.27 bits per heavy atom. The number of carbonyl (C=O) groups is 1. The van der Waals surface area contributed by atoms with Crippen LogP contribution in [-0.4, -0.2) is 35.3 Å². The van der Waals surface area contributed by atoms with Gasteiger partial charge in [-0.25, -0.2) is 8.78 Å². The van der Waals surface area contributed by atoms with Crippen LogP contribution in [0.4, 0.5) is 8.78 Å². The molecular weight excluding hydrogens is 510 g/mol. The second kappa shape index (κ2) is 12.9. The number of halogens is 2. The van der Waals surface area contributed by atoms with Crippen molar-refractivity contribution >= 4 is 5.91 Å². The van der Waals surface area contributed by atoms with Crippen molar-refractivity contribution in [1.82, 2.24) is 10.6 Å². The topological polar surface area (TPSA) is 70.6 Å². The van der Waals surface area contributed by atoms with Crippen molar-refractivity contribution in [1.29, 1.82) is 0 Å². The molecule has 0 heterocycles. The minimum atomic E-state index is -1.02. The minimum Gasteiger partial charge on any atom is -0.488 e. The lowest BCUT2D eigenvalue weighted by Crippen LogP contribution is -2.53. The summed E-state index contributed by atoms with van der Waals surface area (Å²) in [6.07, 6.45) is 4.08. The highest BCUT2D eigenvalue weighted by atomic mass is 19.1. The number of benzene rings is 3. The van der Waals surface area contributed by atoms with Gasteiger partial charge in [0.2, 0.25) is 0 Å². The molecule has 4 rings (SSSR count). The number of amides is 1. The summed E-state index contributed by atoms with van der Waals surface area (Å²) in [6, 6.07) is 19.3. The molecule has 0 spiro atoms. The van der Waals surface area contributed by atoms with Crippen molar-refractivity contribution in [2.24, 2.45) is 0 Å². The van der Waals surface area contributed by atoms with Gasteiger partial charge in [-0.05, 0) is 87.6 Å². The third-order valence-electron chi connectivity index (χ3n) is 7.36. The molecule has 3 N–H and O–H groups in total. The van der Waals surface area contributed by atoms with E-state index >= 15 is 0 Å². The number of aliphatic hydroxyl groups is 1. The fourth-order valence-electron chi connectivity index (χ4n) is 5.48. The smallest absolute Gasteiger partial charge is 0.251 e. The third kappa shape index (κ3) is 8.12. The van der Waals surface area contributed by atoms with E-state index in [1.165, 1.54) is 12.1 Å². The maximum absolute atomic E-state index is 14.0.